The van der Waals surface area contributed by atoms with Gasteiger partial charge in [-0.2, -0.15) is 0 Å². The van der Waals surface area contributed by atoms with Crippen molar-refractivity contribution in [2.45, 2.75) is 0 Å². The summed E-state index contributed by atoms with van der Waals surface area (Å²) in [6, 6.07) is 7.82. The fraction of sp³-hybridized carbons (Fsp3) is 0.133. The molecule has 0 aliphatic heterocycles. The van der Waals surface area contributed by atoms with Crippen molar-refractivity contribution in [2.24, 2.45) is 5.73 Å². The lowest BCUT2D eigenvalue weighted by molar-refractivity contribution is 0.100. The Morgan fingerprint density at radius 2 is 1.82 bits per heavy atom. The molecule has 0 aliphatic carbocycles. The number of aromatic nitrogens is 1. The fourth-order valence-corrected chi connectivity index (χ4v) is 1.87. The summed E-state index contributed by atoms with van der Waals surface area (Å²) in [5, 5.41) is 2.60. The quantitative estimate of drug-likeness (QED) is 0.870. The molecule has 2 amide bonds. The molecule has 0 aliphatic rings. The maximum atomic E-state index is 12.1. The molecule has 22 heavy (non-hydrogen) atoms. The van der Waals surface area contributed by atoms with Crippen molar-refractivity contribution >= 4 is 17.5 Å². The Bertz CT molecular complexity index is 701. The van der Waals surface area contributed by atoms with Gasteiger partial charge in [0.15, 0.2) is 11.5 Å². The van der Waals surface area contributed by atoms with Crippen molar-refractivity contribution in [3.63, 3.8) is 0 Å². The van der Waals surface area contributed by atoms with Crippen LogP contribution in [0.1, 0.15) is 20.8 Å². The third kappa shape index (κ3) is 3.14. The van der Waals surface area contributed by atoms with E-state index in [1.165, 1.54) is 32.5 Å². The van der Waals surface area contributed by atoms with Crippen LogP contribution in [0.5, 0.6) is 11.5 Å². The number of nitrogens with zero attached hydrogens (tertiary/aromatic N) is 1. The van der Waals surface area contributed by atoms with Gasteiger partial charge in [0.1, 0.15) is 5.69 Å². The van der Waals surface area contributed by atoms with Crippen molar-refractivity contribution in [3.05, 3.63) is 47.8 Å². The third-order valence-corrected chi connectivity index (χ3v) is 2.93. The molecule has 1 aromatic carbocycles. The molecule has 0 radical (unpaired) electrons. The first-order valence-corrected chi connectivity index (χ1v) is 6.35. The van der Waals surface area contributed by atoms with Crippen molar-refractivity contribution in [1.82, 2.24) is 4.98 Å². The number of amides is 2. The highest BCUT2D eigenvalue weighted by Gasteiger charge is 2.17. The minimum Gasteiger partial charge on any atom is -0.493 e. The summed E-state index contributed by atoms with van der Waals surface area (Å²) in [6.07, 6.45) is 1.50. The molecular formula is C15H15N3O4. The minimum absolute atomic E-state index is 0.113. The molecular weight excluding hydrogens is 286 g/mol. The van der Waals surface area contributed by atoms with Crippen LogP contribution in [0, 0.1) is 0 Å². The molecule has 3 N–H and O–H groups in total. The topological polar surface area (TPSA) is 104 Å². The largest absolute Gasteiger partial charge is 0.493 e. The second kappa shape index (κ2) is 6.57. The van der Waals surface area contributed by atoms with E-state index < -0.39 is 11.8 Å². The van der Waals surface area contributed by atoms with Gasteiger partial charge in [0.2, 0.25) is 0 Å². The molecule has 2 aromatic rings. The van der Waals surface area contributed by atoms with Crippen LogP contribution in [0.15, 0.2) is 36.5 Å². The predicted octanol–water partition coefficient (Wildman–Crippen LogP) is 1.45. The second-order valence-corrected chi connectivity index (χ2v) is 4.29. The van der Waals surface area contributed by atoms with Gasteiger partial charge < -0.3 is 20.5 Å². The number of carbonyl (C=O) groups is 2. The maximum absolute atomic E-state index is 12.1. The van der Waals surface area contributed by atoms with Crippen LogP contribution >= 0.6 is 0 Å². The summed E-state index contributed by atoms with van der Waals surface area (Å²) in [5.41, 5.74) is 5.89. The van der Waals surface area contributed by atoms with Gasteiger partial charge in [-0.3, -0.25) is 14.6 Å². The first kappa shape index (κ1) is 15.3. The number of hydrogen-bond donors (Lipinski definition) is 2. The minimum atomic E-state index is -0.697. The smallest absolute Gasteiger partial charge is 0.274 e. The number of carbonyl (C=O) groups excluding carboxylic acids is 2. The average Bonchev–Trinajstić information content (AvgIpc) is 2.54. The number of primary amides is 1. The van der Waals surface area contributed by atoms with Gasteiger partial charge in [0.05, 0.1) is 25.5 Å². The van der Waals surface area contributed by atoms with Crippen LogP contribution in [0.3, 0.4) is 0 Å². The summed E-state index contributed by atoms with van der Waals surface area (Å²) in [4.78, 5) is 27.7. The number of methoxy groups -OCH3 is 2. The molecule has 0 bridgehead atoms. The van der Waals surface area contributed by atoms with Crippen LogP contribution in [0.4, 0.5) is 5.69 Å². The molecule has 1 heterocycles. The SMILES string of the molecule is COc1cc(NC(=O)c2ccccn2)c(C(N)=O)cc1OC. The zero-order valence-corrected chi connectivity index (χ0v) is 12.1. The lowest BCUT2D eigenvalue weighted by Crippen LogP contribution is -2.19. The van der Waals surface area contributed by atoms with E-state index in [0.717, 1.165) is 0 Å². The highest BCUT2D eigenvalue weighted by molar-refractivity contribution is 6.08. The van der Waals surface area contributed by atoms with E-state index in [1.807, 2.05) is 0 Å². The predicted molar refractivity (Wildman–Crippen MR) is 80.3 cm³/mol. The lowest BCUT2D eigenvalue weighted by atomic mass is 10.1. The van der Waals surface area contributed by atoms with E-state index in [9.17, 15) is 9.59 Å². The van der Waals surface area contributed by atoms with Gasteiger partial charge in [-0.1, -0.05) is 6.07 Å². The Hall–Kier alpha value is -3.09. The molecule has 1 aromatic heterocycles. The summed E-state index contributed by atoms with van der Waals surface area (Å²) in [5.74, 6) is -0.455. The van der Waals surface area contributed by atoms with Crippen LogP contribution in [0.2, 0.25) is 0 Å². The van der Waals surface area contributed by atoms with Gasteiger partial charge in [0, 0.05) is 12.3 Å². The van der Waals surface area contributed by atoms with E-state index in [0.29, 0.717) is 11.5 Å². The van der Waals surface area contributed by atoms with Crippen LogP contribution in [-0.4, -0.2) is 31.0 Å². The standard InChI is InChI=1S/C15H15N3O4/c1-21-12-7-9(14(16)19)11(8-13(12)22-2)18-15(20)10-5-3-4-6-17-10/h3-8H,1-2H3,(H2,16,19)(H,18,20). The van der Waals surface area contributed by atoms with Gasteiger partial charge in [0.25, 0.3) is 11.8 Å². The molecule has 114 valence electrons. The number of anilines is 1. The van der Waals surface area contributed by atoms with Gasteiger partial charge >= 0.3 is 0 Å². The highest BCUT2D eigenvalue weighted by Crippen LogP contribution is 2.33. The first-order valence-electron chi connectivity index (χ1n) is 6.35. The number of rotatable bonds is 5. The van der Waals surface area contributed by atoms with Crippen molar-refractivity contribution in [3.8, 4) is 11.5 Å². The van der Waals surface area contributed by atoms with E-state index in [2.05, 4.69) is 10.3 Å². The second-order valence-electron chi connectivity index (χ2n) is 4.29. The molecule has 0 saturated carbocycles. The van der Waals surface area contributed by atoms with Crippen LogP contribution in [-0.2, 0) is 0 Å². The molecule has 0 spiro atoms. The average molecular weight is 301 g/mol. The van der Waals surface area contributed by atoms with E-state index in [4.69, 9.17) is 15.2 Å². The van der Waals surface area contributed by atoms with E-state index in [1.54, 1.807) is 18.2 Å². The summed E-state index contributed by atoms with van der Waals surface area (Å²) >= 11 is 0. The number of benzene rings is 1. The number of hydrogen-bond acceptors (Lipinski definition) is 5. The summed E-state index contributed by atoms with van der Waals surface area (Å²) in [6.45, 7) is 0. The zero-order valence-electron chi connectivity index (χ0n) is 12.1. The van der Waals surface area contributed by atoms with Crippen molar-refractivity contribution in [2.75, 3.05) is 19.5 Å². The molecule has 0 atom stereocenters. The van der Waals surface area contributed by atoms with Crippen LogP contribution in [0.25, 0.3) is 0 Å². The highest BCUT2D eigenvalue weighted by atomic mass is 16.5. The number of ether oxygens (including phenoxy) is 2. The number of nitrogens with one attached hydrogen (secondary N) is 1. The van der Waals surface area contributed by atoms with E-state index >= 15 is 0 Å². The zero-order chi connectivity index (χ0) is 16.1. The van der Waals surface area contributed by atoms with E-state index in [-0.39, 0.29) is 16.9 Å². The molecule has 2 rings (SSSR count). The number of pyridine rings is 1. The molecule has 0 fully saturated rings. The van der Waals surface area contributed by atoms with Crippen LogP contribution < -0.4 is 20.5 Å². The summed E-state index contributed by atoms with van der Waals surface area (Å²) < 4.78 is 10.3. The monoisotopic (exact) mass is 301 g/mol. The normalized spacial score (nSPS) is 9.91. The fourth-order valence-electron chi connectivity index (χ4n) is 1.87. The molecule has 0 unspecified atom stereocenters. The Labute approximate surface area is 127 Å². The summed E-state index contributed by atoms with van der Waals surface area (Å²) in [7, 11) is 2.89. The Morgan fingerprint density at radius 1 is 1.14 bits per heavy atom. The third-order valence-electron chi connectivity index (χ3n) is 2.93. The van der Waals surface area contributed by atoms with Gasteiger partial charge in [-0.25, -0.2) is 0 Å². The van der Waals surface area contributed by atoms with Gasteiger partial charge in [-0.15, -0.1) is 0 Å². The maximum Gasteiger partial charge on any atom is 0.274 e. The van der Waals surface area contributed by atoms with Crippen molar-refractivity contribution in [1.29, 1.82) is 0 Å². The molecule has 7 nitrogen and oxygen atoms in total. The Balaban J connectivity index is 2.41. The van der Waals surface area contributed by atoms with Crippen molar-refractivity contribution < 1.29 is 19.1 Å². The Morgan fingerprint density at radius 3 is 2.36 bits per heavy atom. The van der Waals surface area contributed by atoms with Gasteiger partial charge in [-0.05, 0) is 18.2 Å². The molecule has 7 heteroatoms. The lowest BCUT2D eigenvalue weighted by Gasteiger charge is -2.14. The number of nitrogens with two attached hydrogens (primary N) is 1. The molecule has 0 saturated heterocycles. The Kier molecular flexibility index (Phi) is 4.57. The first-order chi connectivity index (χ1) is 10.6.